The monoisotopic (exact) mass is 472 g/mol. The van der Waals surface area contributed by atoms with Gasteiger partial charge in [0.05, 0.1) is 0 Å². The molecule has 1 aromatic carbocycles. The minimum Gasteiger partial charge on any atom is -0.357 e. The van der Waals surface area contributed by atoms with Crippen molar-refractivity contribution in [1.29, 1.82) is 0 Å². The summed E-state index contributed by atoms with van der Waals surface area (Å²) in [7, 11) is 0. The maximum atomic E-state index is 4.62. The van der Waals surface area contributed by atoms with E-state index in [1.165, 1.54) is 57.3 Å². The molecular weight excluding hydrogens is 435 g/mol. The molecule has 0 saturated carbocycles. The summed E-state index contributed by atoms with van der Waals surface area (Å²) in [5.74, 6) is 1.82. The van der Waals surface area contributed by atoms with E-state index in [9.17, 15) is 0 Å². The van der Waals surface area contributed by atoms with E-state index < -0.39 is 0 Å². The lowest BCUT2D eigenvalue weighted by atomic mass is 9.90. The standard InChI is InChI=1S/C21H36N4.HI/c1-3-22-21(23-4-2)24-14-8-9-15-25-16-12-20(13-17-25)18-19-10-6-5-7-11-19;/h5-7,10-11,20H,3-4,8-9,12-18H2,1-2H3,(H2,22,23,24);1H. The van der Waals surface area contributed by atoms with E-state index in [1.807, 2.05) is 0 Å². The van der Waals surface area contributed by atoms with Gasteiger partial charge in [0.15, 0.2) is 5.96 Å². The SMILES string of the molecule is CCNC(=NCCCCN1CCC(Cc2ccccc2)CC1)NCC.I. The second kappa shape index (κ2) is 14.3. The molecule has 1 heterocycles. The third kappa shape index (κ3) is 9.21. The van der Waals surface area contributed by atoms with E-state index in [2.05, 4.69) is 64.7 Å². The highest BCUT2D eigenvalue weighted by Gasteiger charge is 2.18. The molecule has 26 heavy (non-hydrogen) atoms. The normalized spacial score (nSPS) is 15.2. The van der Waals surface area contributed by atoms with Crippen molar-refractivity contribution in [2.45, 2.75) is 46.0 Å². The lowest BCUT2D eigenvalue weighted by Gasteiger charge is -2.32. The molecule has 0 aromatic heterocycles. The smallest absolute Gasteiger partial charge is 0.191 e. The molecule has 148 valence electrons. The van der Waals surface area contributed by atoms with Gasteiger partial charge in [-0.3, -0.25) is 4.99 Å². The van der Waals surface area contributed by atoms with Gasteiger partial charge in [0, 0.05) is 19.6 Å². The van der Waals surface area contributed by atoms with Crippen LogP contribution in [0.4, 0.5) is 0 Å². The molecule has 0 amide bonds. The molecule has 5 heteroatoms. The predicted octanol–water partition coefficient (Wildman–Crippen LogP) is 3.91. The van der Waals surface area contributed by atoms with E-state index in [1.54, 1.807) is 0 Å². The van der Waals surface area contributed by atoms with Crippen LogP contribution in [-0.4, -0.2) is 50.1 Å². The Balaban J connectivity index is 0.00000338. The first-order chi connectivity index (χ1) is 12.3. The topological polar surface area (TPSA) is 39.7 Å². The van der Waals surface area contributed by atoms with Gasteiger partial charge in [-0.2, -0.15) is 0 Å². The van der Waals surface area contributed by atoms with E-state index >= 15 is 0 Å². The maximum Gasteiger partial charge on any atom is 0.191 e. The van der Waals surface area contributed by atoms with Crippen molar-refractivity contribution in [2.24, 2.45) is 10.9 Å². The van der Waals surface area contributed by atoms with Crippen LogP contribution in [0.5, 0.6) is 0 Å². The van der Waals surface area contributed by atoms with E-state index in [0.29, 0.717) is 0 Å². The zero-order valence-electron chi connectivity index (χ0n) is 16.5. The highest BCUT2D eigenvalue weighted by atomic mass is 127. The number of unbranched alkanes of at least 4 members (excludes halogenated alkanes) is 1. The minimum atomic E-state index is 0. The van der Waals surface area contributed by atoms with E-state index in [0.717, 1.165) is 31.5 Å². The Morgan fingerprint density at radius 2 is 1.69 bits per heavy atom. The quantitative estimate of drug-likeness (QED) is 0.248. The van der Waals surface area contributed by atoms with Crippen molar-refractivity contribution in [2.75, 3.05) is 39.3 Å². The predicted molar refractivity (Wildman–Crippen MR) is 124 cm³/mol. The third-order valence-corrected chi connectivity index (χ3v) is 4.92. The zero-order valence-corrected chi connectivity index (χ0v) is 18.9. The molecule has 1 aromatic rings. The van der Waals surface area contributed by atoms with Gasteiger partial charge in [0.1, 0.15) is 0 Å². The van der Waals surface area contributed by atoms with Crippen LogP contribution in [0.15, 0.2) is 35.3 Å². The van der Waals surface area contributed by atoms with Crippen molar-refractivity contribution in [3.05, 3.63) is 35.9 Å². The summed E-state index contributed by atoms with van der Waals surface area (Å²) in [4.78, 5) is 7.26. The average molecular weight is 472 g/mol. The second-order valence-corrected chi connectivity index (χ2v) is 6.97. The fraction of sp³-hybridized carbons (Fsp3) is 0.667. The fourth-order valence-corrected chi connectivity index (χ4v) is 3.51. The highest BCUT2D eigenvalue weighted by Crippen LogP contribution is 2.21. The summed E-state index contributed by atoms with van der Waals surface area (Å²) >= 11 is 0. The van der Waals surface area contributed by atoms with Gasteiger partial charge in [0.25, 0.3) is 0 Å². The summed E-state index contributed by atoms with van der Waals surface area (Å²) in [5, 5.41) is 6.55. The molecule has 0 spiro atoms. The molecule has 2 N–H and O–H groups in total. The van der Waals surface area contributed by atoms with Gasteiger partial charge < -0.3 is 15.5 Å². The van der Waals surface area contributed by atoms with Gasteiger partial charge >= 0.3 is 0 Å². The first kappa shape index (κ1) is 23.2. The first-order valence-electron chi connectivity index (χ1n) is 10.1. The first-order valence-corrected chi connectivity index (χ1v) is 10.1. The number of rotatable bonds is 9. The van der Waals surface area contributed by atoms with Gasteiger partial charge in [-0.1, -0.05) is 30.3 Å². The summed E-state index contributed by atoms with van der Waals surface area (Å²) < 4.78 is 0. The second-order valence-electron chi connectivity index (χ2n) is 6.97. The Morgan fingerprint density at radius 3 is 2.31 bits per heavy atom. The molecule has 0 aliphatic carbocycles. The third-order valence-electron chi connectivity index (χ3n) is 4.92. The summed E-state index contributed by atoms with van der Waals surface area (Å²) in [6.45, 7) is 10.7. The van der Waals surface area contributed by atoms with Crippen molar-refractivity contribution in [1.82, 2.24) is 15.5 Å². The maximum absolute atomic E-state index is 4.62. The minimum absolute atomic E-state index is 0. The summed E-state index contributed by atoms with van der Waals surface area (Å²) in [6.07, 6.45) is 6.36. The lowest BCUT2D eigenvalue weighted by molar-refractivity contribution is 0.181. The molecule has 0 radical (unpaired) electrons. The zero-order chi connectivity index (χ0) is 17.7. The molecule has 1 saturated heterocycles. The number of nitrogens with one attached hydrogen (secondary N) is 2. The molecule has 2 rings (SSSR count). The van der Waals surface area contributed by atoms with Crippen LogP contribution in [0.1, 0.15) is 45.1 Å². The highest BCUT2D eigenvalue weighted by molar-refractivity contribution is 14.0. The fourth-order valence-electron chi connectivity index (χ4n) is 3.51. The average Bonchev–Trinajstić information content (AvgIpc) is 2.64. The van der Waals surface area contributed by atoms with Crippen LogP contribution >= 0.6 is 24.0 Å². The van der Waals surface area contributed by atoms with Gasteiger partial charge in [-0.15, -0.1) is 24.0 Å². The molecule has 4 nitrogen and oxygen atoms in total. The van der Waals surface area contributed by atoms with Gasteiger partial charge in [-0.05, 0) is 77.1 Å². The number of nitrogens with zero attached hydrogens (tertiary/aromatic N) is 2. The summed E-state index contributed by atoms with van der Waals surface area (Å²) in [6, 6.07) is 11.0. The molecule has 0 atom stereocenters. The largest absolute Gasteiger partial charge is 0.357 e. The van der Waals surface area contributed by atoms with Gasteiger partial charge in [0.2, 0.25) is 0 Å². The van der Waals surface area contributed by atoms with Crippen LogP contribution in [0.3, 0.4) is 0 Å². The molecular formula is C21H37IN4. The number of benzene rings is 1. The number of hydrogen-bond acceptors (Lipinski definition) is 2. The number of aliphatic imine (C=N–C) groups is 1. The molecule has 1 aliphatic heterocycles. The van der Waals surface area contributed by atoms with Crippen LogP contribution < -0.4 is 10.6 Å². The number of likely N-dealkylation sites (tertiary alicyclic amines) is 1. The molecule has 1 fully saturated rings. The van der Waals surface area contributed by atoms with Crippen LogP contribution in [0.25, 0.3) is 0 Å². The summed E-state index contributed by atoms with van der Waals surface area (Å²) in [5.41, 5.74) is 1.50. The Morgan fingerprint density at radius 1 is 1.04 bits per heavy atom. The molecule has 0 bridgehead atoms. The lowest BCUT2D eigenvalue weighted by Crippen LogP contribution is -2.37. The van der Waals surface area contributed by atoms with E-state index in [4.69, 9.17) is 0 Å². The van der Waals surface area contributed by atoms with Crippen LogP contribution in [0, 0.1) is 5.92 Å². The van der Waals surface area contributed by atoms with Crippen molar-refractivity contribution in [3.63, 3.8) is 0 Å². The Kier molecular flexibility index (Phi) is 12.7. The molecule has 0 unspecified atom stereocenters. The van der Waals surface area contributed by atoms with Gasteiger partial charge in [-0.25, -0.2) is 0 Å². The van der Waals surface area contributed by atoms with Crippen molar-refractivity contribution >= 4 is 29.9 Å². The number of guanidine groups is 1. The van der Waals surface area contributed by atoms with E-state index in [-0.39, 0.29) is 24.0 Å². The van der Waals surface area contributed by atoms with Crippen molar-refractivity contribution in [3.8, 4) is 0 Å². The van der Waals surface area contributed by atoms with Crippen LogP contribution in [0.2, 0.25) is 0 Å². The Bertz CT molecular complexity index is 476. The molecule has 1 aliphatic rings. The number of halogens is 1. The number of hydrogen-bond donors (Lipinski definition) is 2. The Labute approximate surface area is 177 Å². The number of piperidine rings is 1. The van der Waals surface area contributed by atoms with Crippen molar-refractivity contribution < 1.29 is 0 Å². The van der Waals surface area contributed by atoms with Crippen LogP contribution in [-0.2, 0) is 6.42 Å². The Hall–Kier alpha value is -0.820.